The molecule has 0 aromatic carbocycles. The monoisotopic (exact) mass is 257 g/mol. The summed E-state index contributed by atoms with van der Waals surface area (Å²) in [5.41, 5.74) is 4.69. The number of hydrogen-bond donors (Lipinski definition) is 1. The fourth-order valence-corrected chi connectivity index (χ4v) is 2.63. The third-order valence-electron chi connectivity index (χ3n) is 2.72. The Hall–Kier alpha value is -0.570. The van der Waals surface area contributed by atoms with Crippen LogP contribution in [0.2, 0.25) is 0 Å². The molecule has 0 aliphatic rings. The highest BCUT2D eigenvalue weighted by Gasteiger charge is 2.36. The fraction of sp³-hybridized carbons (Fsp3) is 0.933. The molecule has 0 amide bonds. The van der Waals surface area contributed by atoms with Gasteiger partial charge in [-0.25, -0.2) is 0 Å². The molecule has 0 aromatic heterocycles. The molecular weight excluding hydrogens is 226 g/mol. The lowest BCUT2D eigenvalue weighted by Crippen LogP contribution is -2.44. The first kappa shape index (κ1) is 17.4. The second-order valence-corrected chi connectivity index (χ2v) is 7.80. The van der Waals surface area contributed by atoms with Crippen molar-refractivity contribution in [2.45, 2.75) is 79.4 Å². The molecule has 0 spiro atoms. The van der Waals surface area contributed by atoms with Gasteiger partial charge in [-0.05, 0) is 53.9 Å². The van der Waals surface area contributed by atoms with E-state index in [2.05, 4.69) is 13.8 Å². The number of carbonyl (C=O) groups is 1. The van der Waals surface area contributed by atoms with Gasteiger partial charge in [0.1, 0.15) is 5.60 Å². The van der Waals surface area contributed by atoms with Gasteiger partial charge in [0, 0.05) is 12.0 Å². The fourth-order valence-electron chi connectivity index (χ4n) is 2.63. The number of rotatable bonds is 6. The van der Waals surface area contributed by atoms with Crippen molar-refractivity contribution < 1.29 is 9.53 Å². The van der Waals surface area contributed by atoms with Crippen molar-refractivity contribution >= 4 is 5.97 Å². The van der Waals surface area contributed by atoms with Gasteiger partial charge in [0.25, 0.3) is 0 Å². The minimum Gasteiger partial charge on any atom is -0.459 e. The normalized spacial score (nSPS) is 13.9. The summed E-state index contributed by atoms with van der Waals surface area (Å²) < 4.78 is 5.66. The summed E-state index contributed by atoms with van der Waals surface area (Å²) in [7, 11) is 0. The van der Waals surface area contributed by atoms with E-state index in [1.807, 2.05) is 41.5 Å². The topological polar surface area (TPSA) is 52.3 Å². The van der Waals surface area contributed by atoms with E-state index in [-0.39, 0.29) is 11.5 Å². The van der Waals surface area contributed by atoms with Gasteiger partial charge in [-0.3, -0.25) is 4.79 Å². The Labute approximate surface area is 112 Å². The molecule has 2 N–H and O–H groups in total. The van der Waals surface area contributed by atoms with Crippen molar-refractivity contribution in [1.82, 2.24) is 0 Å². The Balaban J connectivity index is 4.64. The highest BCUT2D eigenvalue weighted by Crippen LogP contribution is 2.31. The molecule has 0 unspecified atom stereocenters. The van der Waals surface area contributed by atoms with Crippen molar-refractivity contribution in [3.8, 4) is 0 Å². The van der Waals surface area contributed by atoms with Crippen LogP contribution in [-0.4, -0.2) is 17.1 Å². The molecular formula is C15H31NO2. The molecule has 0 fully saturated rings. The lowest BCUT2D eigenvalue weighted by atomic mass is 9.83. The molecule has 0 heterocycles. The number of ether oxygens (including phenoxy) is 1. The first-order valence-electron chi connectivity index (χ1n) is 6.77. The van der Waals surface area contributed by atoms with E-state index >= 15 is 0 Å². The zero-order valence-corrected chi connectivity index (χ0v) is 13.4. The second-order valence-electron chi connectivity index (χ2n) is 7.80. The first-order chi connectivity index (χ1) is 7.75. The Kier molecular flexibility index (Phi) is 5.42. The van der Waals surface area contributed by atoms with Crippen molar-refractivity contribution in [3.05, 3.63) is 0 Å². The van der Waals surface area contributed by atoms with Crippen LogP contribution in [0, 0.1) is 11.3 Å². The Bertz CT molecular complexity index is 285. The molecule has 0 aliphatic heterocycles. The zero-order chi connectivity index (χ0) is 14.8. The molecule has 18 heavy (non-hydrogen) atoms. The molecule has 0 bridgehead atoms. The molecule has 0 aliphatic carbocycles. The van der Waals surface area contributed by atoms with Gasteiger partial charge in [0.15, 0.2) is 0 Å². The van der Waals surface area contributed by atoms with Crippen molar-refractivity contribution in [3.63, 3.8) is 0 Å². The summed E-state index contributed by atoms with van der Waals surface area (Å²) in [5.74, 6) is 0.340. The van der Waals surface area contributed by atoms with Gasteiger partial charge in [0.05, 0.1) is 5.41 Å². The van der Waals surface area contributed by atoms with Crippen LogP contribution in [0.3, 0.4) is 0 Å². The highest BCUT2D eigenvalue weighted by atomic mass is 16.6. The van der Waals surface area contributed by atoms with Crippen LogP contribution in [0.1, 0.15) is 68.2 Å². The summed E-state index contributed by atoms with van der Waals surface area (Å²) in [5, 5.41) is 0. The summed E-state index contributed by atoms with van der Waals surface area (Å²) in [6.45, 7) is 15.9. The lowest BCUT2D eigenvalue weighted by Gasteiger charge is -2.35. The summed E-state index contributed by atoms with van der Waals surface area (Å²) in [6.07, 6.45) is 1.47. The number of nitrogens with two attached hydrogens (primary N) is 1. The standard InChI is InChI=1S/C15H31NO2/c1-11(2)9-13(3,4)12(17)18-15(7,8)10-14(5,6)16/h11H,9-10,16H2,1-8H3. The minimum absolute atomic E-state index is 0.134. The van der Waals surface area contributed by atoms with Crippen molar-refractivity contribution in [1.29, 1.82) is 0 Å². The van der Waals surface area contributed by atoms with E-state index in [9.17, 15) is 4.79 Å². The second kappa shape index (κ2) is 5.60. The predicted molar refractivity (Wildman–Crippen MR) is 76.3 cm³/mol. The van der Waals surface area contributed by atoms with E-state index in [0.29, 0.717) is 12.3 Å². The molecule has 0 rings (SSSR count). The maximum atomic E-state index is 12.2. The number of carbonyl (C=O) groups excluding carboxylic acids is 1. The van der Waals surface area contributed by atoms with Crippen molar-refractivity contribution in [2.24, 2.45) is 17.1 Å². The van der Waals surface area contributed by atoms with Crippen molar-refractivity contribution in [2.75, 3.05) is 0 Å². The van der Waals surface area contributed by atoms with Crippen LogP contribution in [0.4, 0.5) is 0 Å². The maximum Gasteiger partial charge on any atom is 0.312 e. The Morgan fingerprint density at radius 2 is 1.56 bits per heavy atom. The van der Waals surface area contributed by atoms with Gasteiger partial charge >= 0.3 is 5.97 Å². The quantitative estimate of drug-likeness (QED) is 0.741. The third kappa shape index (κ3) is 7.00. The van der Waals surface area contributed by atoms with Gasteiger partial charge in [-0.2, -0.15) is 0 Å². The largest absolute Gasteiger partial charge is 0.459 e. The van der Waals surface area contributed by atoms with Gasteiger partial charge < -0.3 is 10.5 Å². The van der Waals surface area contributed by atoms with E-state index in [0.717, 1.165) is 6.42 Å². The summed E-state index contributed by atoms with van der Waals surface area (Å²) >= 11 is 0. The molecule has 0 atom stereocenters. The van der Waals surface area contributed by atoms with Crippen LogP contribution < -0.4 is 5.73 Å². The molecule has 0 saturated heterocycles. The molecule has 0 radical (unpaired) electrons. The average Bonchev–Trinajstić information content (AvgIpc) is 1.93. The predicted octanol–water partition coefficient (Wildman–Crippen LogP) is 3.51. The third-order valence-corrected chi connectivity index (χ3v) is 2.72. The molecule has 3 heteroatoms. The number of esters is 1. The summed E-state index contributed by atoms with van der Waals surface area (Å²) in [6, 6.07) is 0. The van der Waals surface area contributed by atoms with E-state index in [1.165, 1.54) is 0 Å². The van der Waals surface area contributed by atoms with Gasteiger partial charge in [0.2, 0.25) is 0 Å². The van der Waals surface area contributed by atoms with Gasteiger partial charge in [-0.15, -0.1) is 0 Å². The van der Waals surface area contributed by atoms with Crippen LogP contribution in [0.25, 0.3) is 0 Å². The van der Waals surface area contributed by atoms with Crippen LogP contribution in [0.5, 0.6) is 0 Å². The summed E-state index contributed by atoms with van der Waals surface area (Å²) in [4.78, 5) is 12.2. The van der Waals surface area contributed by atoms with Gasteiger partial charge in [-0.1, -0.05) is 13.8 Å². The first-order valence-corrected chi connectivity index (χ1v) is 6.77. The number of hydrogen-bond acceptors (Lipinski definition) is 3. The SMILES string of the molecule is CC(C)CC(C)(C)C(=O)OC(C)(C)CC(C)(C)N. The Morgan fingerprint density at radius 1 is 1.11 bits per heavy atom. The van der Waals surface area contributed by atoms with E-state index < -0.39 is 11.0 Å². The molecule has 0 aromatic rings. The van der Waals surface area contributed by atoms with E-state index in [4.69, 9.17) is 10.5 Å². The van der Waals surface area contributed by atoms with Crippen LogP contribution >= 0.6 is 0 Å². The van der Waals surface area contributed by atoms with Crippen LogP contribution in [-0.2, 0) is 9.53 Å². The maximum absolute atomic E-state index is 12.2. The zero-order valence-electron chi connectivity index (χ0n) is 13.4. The highest BCUT2D eigenvalue weighted by molar-refractivity contribution is 5.76. The molecule has 0 saturated carbocycles. The molecule has 3 nitrogen and oxygen atoms in total. The minimum atomic E-state index is -0.524. The average molecular weight is 257 g/mol. The molecule has 108 valence electrons. The van der Waals surface area contributed by atoms with E-state index in [1.54, 1.807) is 0 Å². The Morgan fingerprint density at radius 3 is 1.89 bits per heavy atom. The van der Waals surface area contributed by atoms with Crippen LogP contribution in [0.15, 0.2) is 0 Å². The smallest absolute Gasteiger partial charge is 0.312 e. The lowest BCUT2D eigenvalue weighted by molar-refractivity contribution is -0.169.